The topological polar surface area (TPSA) is 55.6 Å². The molecule has 0 bridgehead atoms. The molecule has 1 aliphatic carbocycles. The normalized spacial score (nSPS) is 30.9. The van der Waals surface area contributed by atoms with Crippen LogP contribution in [-0.2, 0) is 9.53 Å². The molecule has 12 heavy (non-hydrogen) atoms. The summed E-state index contributed by atoms with van der Waals surface area (Å²) in [6.45, 7) is 1.70. The predicted molar refractivity (Wildman–Crippen MR) is 43.5 cm³/mol. The predicted octanol–water partition coefficient (Wildman–Crippen LogP) is -0.665. The summed E-state index contributed by atoms with van der Waals surface area (Å²) in [5, 5.41) is 0. The maximum Gasteiger partial charge on any atom is 0.253 e. The second-order valence-electron chi connectivity index (χ2n) is 3.36. The Balaban J connectivity index is 1.99. The quantitative estimate of drug-likeness (QED) is 0.598. The molecule has 0 aromatic carbocycles. The molecule has 2 rings (SSSR count). The number of hydrogen-bond donors (Lipinski definition) is 1. The molecule has 68 valence electrons. The van der Waals surface area contributed by atoms with Crippen LogP contribution in [0.5, 0.6) is 0 Å². The summed E-state index contributed by atoms with van der Waals surface area (Å²) in [4.78, 5) is 13.5. The van der Waals surface area contributed by atoms with Crippen LogP contribution in [0.15, 0.2) is 0 Å². The van der Waals surface area contributed by atoms with E-state index in [4.69, 9.17) is 10.5 Å². The lowest BCUT2D eigenvalue weighted by Gasteiger charge is -2.31. The standard InChI is InChI=1S/C8H14N2O2/c9-5-7-8(11)10(3-4-12-7)6-1-2-6/h6-7H,1-5,9H2. The minimum Gasteiger partial charge on any atom is -0.365 e. The van der Waals surface area contributed by atoms with Crippen molar-refractivity contribution in [3.8, 4) is 0 Å². The molecule has 1 atom stereocenters. The first kappa shape index (κ1) is 8.01. The van der Waals surface area contributed by atoms with Crippen molar-refractivity contribution in [3.63, 3.8) is 0 Å². The van der Waals surface area contributed by atoms with E-state index >= 15 is 0 Å². The van der Waals surface area contributed by atoms with Gasteiger partial charge in [-0.05, 0) is 12.8 Å². The largest absolute Gasteiger partial charge is 0.365 e. The Labute approximate surface area is 71.7 Å². The monoisotopic (exact) mass is 170 g/mol. The Kier molecular flexibility index (Phi) is 2.02. The van der Waals surface area contributed by atoms with Crippen molar-refractivity contribution >= 4 is 5.91 Å². The summed E-state index contributed by atoms with van der Waals surface area (Å²) in [5.41, 5.74) is 5.40. The number of carbonyl (C=O) groups is 1. The number of carbonyl (C=O) groups excluding carboxylic acids is 1. The zero-order valence-corrected chi connectivity index (χ0v) is 7.03. The van der Waals surface area contributed by atoms with E-state index in [0.717, 1.165) is 19.4 Å². The molecule has 2 N–H and O–H groups in total. The van der Waals surface area contributed by atoms with Gasteiger partial charge in [-0.1, -0.05) is 0 Å². The molecule has 2 aliphatic rings. The van der Waals surface area contributed by atoms with E-state index in [1.165, 1.54) is 0 Å². The van der Waals surface area contributed by atoms with Crippen LogP contribution in [0.2, 0.25) is 0 Å². The van der Waals surface area contributed by atoms with E-state index in [0.29, 0.717) is 19.2 Å². The van der Waals surface area contributed by atoms with Crippen molar-refractivity contribution in [2.75, 3.05) is 19.7 Å². The van der Waals surface area contributed by atoms with E-state index in [1.807, 2.05) is 4.90 Å². The van der Waals surface area contributed by atoms with Crippen molar-refractivity contribution in [3.05, 3.63) is 0 Å². The number of morpholine rings is 1. The lowest BCUT2D eigenvalue weighted by atomic mass is 10.2. The zero-order chi connectivity index (χ0) is 8.55. The summed E-state index contributed by atoms with van der Waals surface area (Å²) in [5.74, 6) is 0.0891. The minimum absolute atomic E-state index is 0.0891. The van der Waals surface area contributed by atoms with Crippen molar-refractivity contribution < 1.29 is 9.53 Å². The van der Waals surface area contributed by atoms with Gasteiger partial charge < -0.3 is 15.4 Å². The van der Waals surface area contributed by atoms with Gasteiger partial charge in [-0.15, -0.1) is 0 Å². The molecule has 4 heteroatoms. The first-order chi connectivity index (χ1) is 5.83. The van der Waals surface area contributed by atoms with Crippen LogP contribution in [0.25, 0.3) is 0 Å². The third-order valence-corrected chi connectivity index (χ3v) is 2.41. The zero-order valence-electron chi connectivity index (χ0n) is 7.03. The van der Waals surface area contributed by atoms with E-state index < -0.39 is 0 Å². The van der Waals surface area contributed by atoms with Gasteiger partial charge >= 0.3 is 0 Å². The van der Waals surface area contributed by atoms with Gasteiger partial charge in [-0.2, -0.15) is 0 Å². The van der Waals surface area contributed by atoms with Crippen LogP contribution >= 0.6 is 0 Å². The molecule has 0 spiro atoms. The molecule has 1 saturated heterocycles. The molecular formula is C8H14N2O2. The van der Waals surface area contributed by atoms with E-state index in [-0.39, 0.29) is 12.0 Å². The van der Waals surface area contributed by atoms with Gasteiger partial charge in [-0.25, -0.2) is 0 Å². The third-order valence-electron chi connectivity index (χ3n) is 2.41. The summed E-state index contributed by atoms with van der Waals surface area (Å²) >= 11 is 0. The fourth-order valence-electron chi connectivity index (χ4n) is 1.58. The highest BCUT2D eigenvalue weighted by atomic mass is 16.5. The summed E-state index contributed by atoms with van der Waals surface area (Å²) in [6, 6.07) is 0.496. The second-order valence-corrected chi connectivity index (χ2v) is 3.36. The summed E-state index contributed by atoms with van der Waals surface area (Å²) in [7, 11) is 0. The Hall–Kier alpha value is -0.610. The number of ether oxygens (including phenoxy) is 1. The molecule has 1 heterocycles. The molecule has 0 radical (unpaired) electrons. The number of amides is 1. The van der Waals surface area contributed by atoms with Crippen LogP contribution in [0, 0.1) is 0 Å². The molecule has 1 amide bonds. The molecule has 1 aliphatic heterocycles. The van der Waals surface area contributed by atoms with E-state index in [1.54, 1.807) is 0 Å². The fraction of sp³-hybridized carbons (Fsp3) is 0.875. The van der Waals surface area contributed by atoms with Crippen molar-refractivity contribution in [1.82, 2.24) is 4.90 Å². The first-order valence-electron chi connectivity index (χ1n) is 4.45. The van der Waals surface area contributed by atoms with Gasteiger partial charge in [0.2, 0.25) is 0 Å². The molecular weight excluding hydrogens is 156 g/mol. The average Bonchev–Trinajstić information content (AvgIpc) is 2.88. The van der Waals surface area contributed by atoms with Gasteiger partial charge in [0.25, 0.3) is 5.91 Å². The average molecular weight is 170 g/mol. The van der Waals surface area contributed by atoms with Gasteiger partial charge in [0, 0.05) is 19.1 Å². The molecule has 0 aromatic heterocycles. The van der Waals surface area contributed by atoms with Crippen LogP contribution in [0.1, 0.15) is 12.8 Å². The number of nitrogens with two attached hydrogens (primary N) is 1. The highest BCUT2D eigenvalue weighted by Gasteiger charge is 2.37. The highest BCUT2D eigenvalue weighted by molar-refractivity contribution is 5.82. The molecule has 1 saturated carbocycles. The first-order valence-corrected chi connectivity index (χ1v) is 4.45. The maximum absolute atomic E-state index is 11.6. The SMILES string of the molecule is NCC1OCCN(C2CC2)C1=O. The van der Waals surface area contributed by atoms with Gasteiger partial charge in [0.05, 0.1) is 6.61 Å². The summed E-state index contributed by atoms with van der Waals surface area (Å²) < 4.78 is 5.23. The Morgan fingerprint density at radius 3 is 2.92 bits per heavy atom. The fourth-order valence-corrected chi connectivity index (χ4v) is 1.58. The number of rotatable bonds is 2. The second kappa shape index (κ2) is 3.03. The Morgan fingerprint density at radius 1 is 1.58 bits per heavy atom. The lowest BCUT2D eigenvalue weighted by molar-refractivity contribution is -0.152. The van der Waals surface area contributed by atoms with Crippen LogP contribution in [0.4, 0.5) is 0 Å². The van der Waals surface area contributed by atoms with Gasteiger partial charge in [-0.3, -0.25) is 4.79 Å². The Bertz CT molecular complexity index is 191. The van der Waals surface area contributed by atoms with Crippen LogP contribution in [-0.4, -0.2) is 42.6 Å². The molecule has 1 unspecified atom stereocenters. The molecule has 0 aromatic rings. The van der Waals surface area contributed by atoms with Crippen molar-refractivity contribution in [2.45, 2.75) is 25.0 Å². The smallest absolute Gasteiger partial charge is 0.253 e. The van der Waals surface area contributed by atoms with Crippen molar-refractivity contribution in [2.24, 2.45) is 5.73 Å². The van der Waals surface area contributed by atoms with Crippen LogP contribution < -0.4 is 5.73 Å². The van der Waals surface area contributed by atoms with Crippen LogP contribution in [0.3, 0.4) is 0 Å². The lowest BCUT2D eigenvalue weighted by Crippen LogP contribution is -2.51. The Morgan fingerprint density at radius 2 is 2.33 bits per heavy atom. The highest BCUT2D eigenvalue weighted by Crippen LogP contribution is 2.28. The van der Waals surface area contributed by atoms with Gasteiger partial charge in [0.15, 0.2) is 0 Å². The van der Waals surface area contributed by atoms with E-state index in [9.17, 15) is 4.79 Å². The molecule has 4 nitrogen and oxygen atoms in total. The van der Waals surface area contributed by atoms with Crippen molar-refractivity contribution in [1.29, 1.82) is 0 Å². The van der Waals surface area contributed by atoms with Gasteiger partial charge in [0.1, 0.15) is 6.10 Å². The summed E-state index contributed by atoms with van der Waals surface area (Å²) in [6.07, 6.45) is 1.94. The third kappa shape index (κ3) is 1.32. The minimum atomic E-state index is -0.376. The number of hydrogen-bond acceptors (Lipinski definition) is 3. The molecule has 2 fully saturated rings. The number of nitrogens with zero attached hydrogens (tertiary/aromatic N) is 1. The maximum atomic E-state index is 11.6. The van der Waals surface area contributed by atoms with E-state index in [2.05, 4.69) is 0 Å².